The predicted molar refractivity (Wildman–Crippen MR) is 301 cm³/mol. The van der Waals surface area contributed by atoms with Crippen molar-refractivity contribution in [2.75, 3.05) is 19.8 Å². The number of aliphatic hydroxyl groups is 8. The number of aliphatic hydroxyl groups excluding tert-OH is 8. The topological polar surface area (TPSA) is 956 Å². The second kappa shape index (κ2) is 34.4. The lowest BCUT2D eigenvalue weighted by molar-refractivity contribution is -0.375. The van der Waals surface area contributed by atoms with Crippen LogP contribution in [0, 0.1) is 0 Å². The zero-order valence-electron chi connectivity index (χ0n) is 50.6. The molecule has 0 radical (unpaired) electrons. The number of rotatable bonds is 34. The van der Waals surface area contributed by atoms with Crippen molar-refractivity contribution in [3.8, 4) is 0 Å². The molecule has 6 aliphatic rings. The standard InChI is InChI=1S/C36H59N3O58S9/c40-10-7(37-98(54,55)56)31(53)84-4(1-81-101(63,64)65)17(10)87-35-24(96-105(75,76)77)15(45)20(26(93-35)29(49)50)90-33-9(39-100(60,61)62)12(42)19(6(86-33)3-83-103(69,70)71)89-36-25(97-106(78,79)80)16(46)21(27(94-36)30(51)52)91-32-8(38-99(57,58)59)11(41)18(5(85-32)2-82-102(66,67)68)88-34-23(95-104(72,73)74)14(44)13(43)22(92-34)28(47)48/h4-27,31-46,53H,1-3H2,(H,47,48)(H,49,50)(H,51,52)(H,54,55,56)(H,57,58,59)(H,60,61,62)(H,63,64,65)(H,66,67,68)(H,69,70,71)(H,72,73,74)(H,75,76,77)(H,78,79,80)/t4-,5-,6-,7-,8-,9-,10-,11-,12-,13+,14+,15+,16+,17-,18-,19-,20+,21+,22-,23?,24-,25-,26-,27-,31+,32-,33-,34-,35-,36-/m1/s1. The lowest BCUT2D eigenvalue weighted by Gasteiger charge is -2.50. The molecule has 1 unspecified atom stereocenters. The van der Waals surface area contributed by atoms with E-state index in [0.717, 1.165) is 9.44 Å². The number of carboxylic acids is 3. The van der Waals surface area contributed by atoms with Gasteiger partial charge in [0, 0.05) is 0 Å². The van der Waals surface area contributed by atoms with Crippen LogP contribution in [0.5, 0.6) is 0 Å². The smallest absolute Gasteiger partial charge is 0.397 e. The van der Waals surface area contributed by atoms with Crippen molar-refractivity contribution in [3.63, 3.8) is 0 Å². The van der Waals surface area contributed by atoms with Crippen LogP contribution in [-0.4, -0.2) is 395 Å². The van der Waals surface area contributed by atoms with E-state index < -0.39 is 315 Å². The Labute approximate surface area is 591 Å². The van der Waals surface area contributed by atoms with E-state index in [2.05, 4.69) is 25.1 Å². The van der Waals surface area contributed by atoms with E-state index in [-0.39, 0.29) is 0 Å². The Morgan fingerprint density at radius 1 is 0.283 bits per heavy atom. The third-order valence-electron chi connectivity index (χ3n) is 14.5. The van der Waals surface area contributed by atoms with E-state index in [0.29, 0.717) is 0 Å². The summed E-state index contributed by atoms with van der Waals surface area (Å²) in [4.78, 5) is 38.1. The second-order valence-corrected chi connectivity index (χ2v) is 31.8. The SMILES string of the molecule is O=C(O)[C@@H]1O[C@@H](O[C@H]2[C@H](O)[C@@H](NS(=O)(=O)O)[C@@H](O[C@H]3[C@H](O)[C@@H](OS(=O)(=O)O)[C@H](O[C@H]4[C@H](O)[C@@H](NS(=O)(=O)O)[C@@H](O[C@H]5[C@H](O)[C@@H](OS(=O)(=O)O)[C@H](O[C@H]6[C@H](O)[C@@H](NS(=O)(=O)O)[C@@H](O)O[C@@H]6COS(=O)(=O)O)O[C@H]5C(=O)O)O[C@@H]4COS(=O)(=O)O)O[C@H]3C(=O)O)O[C@@H]2COS(=O)(=O)O)C(OS(=O)(=O)O)[C@@H](O)[C@@H]1O. The Morgan fingerprint density at radius 3 is 0.811 bits per heavy atom. The molecule has 23 N–H and O–H groups in total. The van der Waals surface area contributed by atoms with E-state index >= 15 is 0 Å². The van der Waals surface area contributed by atoms with Crippen molar-refractivity contribution in [1.29, 1.82) is 0 Å². The molecule has 30 atom stereocenters. The normalized spacial score (nSPS) is 39.4. The molecule has 0 amide bonds. The predicted octanol–water partition coefficient (Wildman–Crippen LogP) is -16.7. The number of hydrogen-bond donors (Lipinski definition) is 23. The van der Waals surface area contributed by atoms with E-state index in [1.54, 1.807) is 0 Å². The number of carbonyl (C=O) groups is 3. The van der Waals surface area contributed by atoms with Crippen LogP contribution in [0.25, 0.3) is 0 Å². The molecular weight excluding hydrogens is 1690 g/mol. The monoisotopic (exact) mass is 1750 g/mol. The Hall–Kier alpha value is -3.52. The van der Waals surface area contributed by atoms with Crippen LogP contribution in [0.3, 0.4) is 0 Å². The first-order valence-corrected chi connectivity index (χ1v) is 39.8. The molecule has 0 saturated carbocycles. The van der Waals surface area contributed by atoms with Gasteiger partial charge in [-0.05, 0) is 0 Å². The van der Waals surface area contributed by atoms with Crippen LogP contribution in [0.4, 0.5) is 0 Å². The zero-order valence-corrected chi connectivity index (χ0v) is 57.9. The first-order valence-electron chi connectivity index (χ1n) is 27.3. The van der Waals surface area contributed by atoms with Gasteiger partial charge >= 0.3 is 111 Å². The van der Waals surface area contributed by atoms with Crippen LogP contribution in [0.15, 0.2) is 0 Å². The number of ether oxygens (including phenoxy) is 11. The van der Waals surface area contributed by atoms with Gasteiger partial charge in [0.15, 0.2) is 74.4 Å². The zero-order chi connectivity index (χ0) is 80.8. The van der Waals surface area contributed by atoms with Crippen molar-refractivity contribution < 1.29 is 264 Å². The van der Waals surface area contributed by atoms with Crippen LogP contribution in [0.1, 0.15) is 0 Å². The summed E-state index contributed by atoms with van der Waals surface area (Å²) in [5, 5.41) is 121. The molecule has 6 saturated heterocycles. The van der Waals surface area contributed by atoms with Gasteiger partial charge in [0.1, 0.15) is 110 Å². The highest BCUT2D eigenvalue weighted by molar-refractivity contribution is 7.84. The Morgan fingerprint density at radius 2 is 0.538 bits per heavy atom. The van der Waals surface area contributed by atoms with E-state index in [4.69, 9.17) is 52.1 Å². The summed E-state index contributed by atoms with van der Waals surface area (Å²) in [7, 11) is -53.6. The van der Waals surface area contributed by atoms with E-state index in [1.807, 2.05) is 0 Å². The molecule has 6 rings (SSSR count). The average molecular weight is 1750 g/mol. The van der Waals surface area contributed by atoms with Gasteiger partial charge in [-0.3, -0.25) is 41.0 Å². The average Bonchev–Trinajstić information content (AvgIpc) is 0.763. The molecule has 620 valence electrons. The number of nitrogens with one attached hydrogen (secondary N) is 3. The largest absolute Gasteiger partial charge is 0.479 e. The maximum atomic E-state index is 13.2. The third-order valence-corrected chi connectivity index (χ3v) is 18.9. The Kier molecular flexibility index (Phi) is 29.7. The minimum absolute atomic E-state index is 1.11. The summed E-state index contributed by atoms with van der Waals surface area (Å²) < 4.78 is 391. The maximum Gasteiger partial charge on any atom is 0.397 e. The molecule has 0 bridgehead atoms. The molecule has 0 aliphatic carbocycles. The molecule has 0 aromatic rings. The third kappa shape index (κ3) is 25.8. The summed E-state index contributed by atoms with van der Waals surface area (Å²) in [5.41, 5.74) is 0. The van der Waals surface area contributed by atoms with Crippen molar-refractivity contribution in [1.82, 2.24) is 14.2 Å². The first-order chi connectivity index (χ1) is 47.9. The van der Waals surface area contributed by atoms with E-state index in [9.17, 15) is 187 Å². The van der Waals surface area contributed by atoms with Crippen molar-refractivity contribution in [3.05, 3.63) is 0 Å². The van der Waals surface area contributed by atoms with Crippen LogP contribution >= 0.6 is 0 Å². The molecule has 6 aliphatic heterocycles. The molecule has 0 spiro atoms. The van der Waals surface area contributed by atoms with Crippen LogP contribution in [0.2, 0.25) is 0 Å². The molecule has 0 aromatic heterocycles. The fourth-order valence-electron chi connectivity index (χ4n) is 10.5. The van der Waals surface area contributed by atoms with Crippen molar-refractivity contribution >= 4 is 111 Å². The van der Waals surface area contributed by atoms with Gasteiger partial charge in [-0.25, -0.2) is 39.5 Å². The fraction of sp³-hybridized carbons (Fsp3) is 0.917. The first kappa shape index (κ1) is 91.4. The maximum absolute atomic E-state index is 13.2. The van der Waals surface area contributed by atoms with Crippen molar-refractivity contribution in [2.45, 2.75) is 184 Å². The Balaban J connectivity index is 1.41. The van der Waals surface area contributed by atoms with Gasteiger partial charge in [-0.15, -0.1) is 0 Å². The van der Waals surface area contributed by atoms with Crippen LogP contribution < -0.4 is 14.2 Å². The summed E-state index contributed by atoms with van der Waals surface area (Å²) >= 11 is 0. The highest BCUT2D eigenvalue weighted by Gasteiger charge is 2.62. The van der Waals surface area contributed by atoms with E-state index in [1.165, 1.54) is 4.72 Å². The van der Waals surface area contributed by atoms with Gasteiger partial charge in [-0.2, -0.15) is 89.9 Å². The van der Waals surface area contributed by atoms with Gasteiger partial charge in [0.2, 0.25) is 0 Å². The number of aliphatic carboxylic acids is 3. The second-order valence-electron chi connectivity index (χ2n) is 21.8. The molecule has 6 heterocycles. The van der Waals surface area contributed by atoms with Gasteiger partial charge in [0.05, 0.1) is 19.8 Å². The summed E-state index contributed by atoms with van der Waals surface area (Å²) in [6.45, 7) is -5.60. The van der Waals surface area contributed by atoms with Gasteiger partial charge < -0.3 is 108 Å². The molecule has 70 heteroatoms. The number of hydrogen-bond acceptors (Lipinski definition) is 46. The highest BCUT2D eigenvalue weighted by atomic mass is 32.3. The van der Waals surface area contributed by atoms with Gasteiger partial charge in [-0.1, -0.05) is 0 Å². The highest BCUT2D eigenvalue weighted by Crippen LogP contribution is 2.40. The lowest BCUT2D eigenvalue weighted by Crippen LogP contribution is -2.71. The van der Waals surface area contributed by atoms with Crippen LogP contribution in [-0.2, 0) is 185 Å². The van der Waals surface area contributed by atoms with Gasteiger partial charge in [0.25, 0.3) is 0 Å². The van der Waals surface area contributed by atoms with Crippen molar-refractivity contribution in [2.24, 2.45) is 0 Å². The minimum Gasteiger partial charge on any atom is -0.479 e. The fourth-order valence-corrected chi connectivity index (χ4v) is 14.7. The Bertz CT molecular complexity index is 4190. The molecule has 0 aromatic carbocycles. The minimum atomic E-state index is -6.35. The lowest BCUT2D eigenvalue weighted by atomic mass is 9.94. The summed E-state index contributed by atoms with van der Waals surface area (Å²) in [5.74, 6) is -7.39. The molecule has 61 nitrogen and oxygen atoms in total. The summed E-state index contributed by atoms with van der Waals surface area (Å²) in [6.07, 6.45) is -82.6. The summed E-state index contributed by atoms with van der Waals surface area (Å²) in [6, 6.07) is -8.82. The molecular formula is C36H59N3O58S9. The number of carboxylic acid groups (broad SMARTS) is 3. The quantitative estimate of drug-likeness (QED) is 0.0266. The molecule has 106 heavy (non-hydrogen) atoms. The molecule has 6 fully saturated rings.